The molecule has 33 heavy (non-hydrogen) atoms. The number of amidine groups is 1. The van der Waals surface area contributed by atoms with Gasteiger partial charge in [-0.1, -0.05) is 6.07 Å². The van der Waals surface area contributed by atoms with Crippen molar-refractivity contribution in [1.82, 2.24) is 5.32 Å². The molecule has 0 radical (unpaired) electrons. The van der Waals surface area contributed by atoms with E-state index in [1.54, 1.807) is 36.4 Å². The summed E-state index contributed by atoms with van der Waals surface area (Å²) in [5, 5.41) is 25.2. The van der Waals surface area contributed by atoms with E-state index in [4.69, 9.17) is 5.73 Å². The first kappa shape index (κ1) is 22.4. The van der Waals surface area contributed by atoms with Crippen LogP contribution in [0.15, 0.2) is 41.4 Å². The molecule has 0 aromatic heterocycles. The van der Waals surface area contributed by atoms with E-state index in [1.165, 1.54) is 4.90 Å². The zero-order chi connectivity index (χ0) is 23.5. The third-order valence-electron chi connectivity index (χ3n) is 5.69. The molecule has 2 aromatic carbocycles. The smallest absolute Gasteiger partial charge is 0.253 e. The van der Waals surface area contributed by atoms with Crippen LogP contribution in [0.4, 0.5) is 11.4 Å². The largest absolute Gasteiger partial charge is 0.395 e. The number of amides is 3. The highest BCUT2D eigenvalue weighted by atomic mass is 16.3. The standard InChI is InChI=1S/C23H25N5O5/c24-22-18-4-2-16(7-15(18)12-26-22)27-23(33)19(30)10-21(32)28(5-6-29)17-3-1-13-9-20(31)25-11-14(13)8-17/h1-4,7-8,19,29-30H,5-6,9-12H2,(H2,24,26)(H,25,31)(H,27,33). The van der Waals surface area contributed by atoms with Crippen LogP contribution in [0.5, 0.6) is 0 Å². The second-order valence-electron chi connectivity index (χ2n) is 7.96. The molecular weight excluding hydrogens is 426 g/mol. The molecule has 0 saturated heterocycles. The van der Waals surface area contributed by atoms with Crippen molar-refractivity contribution in [2.75, 3.05) is 23.4 Å². The zero-order valence-corrected chi connectivity index (χ0v) is 17.9. The van der Waals surface area contributed by atoms with Gasteiger partial charge in [0.05, 0.1) is 26.0 Å². The molecule has 0 aliphatic carbocycles. The first-order valence-electron chi connectivity index (χ1n) is 10.6. The van der Waals surface area contributed by atoms with Gasteiger partial charge < -0.3 is 31.5 Å². The Balaban J connectivity index is 1.42. The van der Waals surface area contributed by atoms with E-state index in [0.717, 1.165) is 22.3 Å². The molecule has 4 rings (SSSR count). The van der Waals surface area contributed by atoms with Crippen LogP contribution in [0.3, 0.4) is 0 Å². The molecule has 6 N–H and O–H groups in total. The van der Waals surface area contributed by atoms with Gasteiger partial charge in [-0.3, -0.25) is 19.4 Å². The van der Waals surface area contributed by atoms with Gasteiger partial charge in [0.25, 0.3) is 5.91 Å². The van der Waals surface area contributed by atoms with Gasteiger partial charge in [-0.05, 0) is 47.0 Å². The highest BCUT2D eigenvalue weighted by molar-refractivity contribution is 6.03. The van der Waals surface area contributed by atoms with E-state index in [-0.39, 0.29) is 25.5 Å². The van der Waals surface area contributed by atoms with Gasteiger partial charge in [-0.25, -0.2) is 0 Å². The number of aliphatic hydroxyl groups is 2. The van der Waals surface area contributed by atoms with Gasteiger partial charge in [-0.2, -0.15) is 0 Å². The van der Waals surface area contributed by atoms with E-state index < -0.39 is 24.3 Å². The lowest BCUT2D eigenvalue weighted by molar-refractivity contribution is -0.129. The Kier molecular flexibility index (Phi) is 6.38. The number of nitrogens with one attached hydrogen (secondary N) is 2. The molecule has 10 heteroatoms. The van der Waals surface area contributed by atoms with Gasteiger partial charge >= 0.3 is 0 Å². The van der Waals surface area contributed by atoms with Crippen LogP contribution in [0.1, 0.15) is 28.7 Å². The van der Waals surface area contributed by atoms with Crippen LogP contribution < -0.4 is 21.3 Å². The van der Waals surface area contributed by atoms with Crippen LogP contribution >= 0.6 is 0 Å². The van der Waals surface area contributed by atoms with Crippen LogP contribution in [0.2, 0.25) is 0 Å². The number of benzene rings is 2. The summed E-state index contributed by atoms with van der Waals surface area (Å²) in [6, 6.07) is 10.4. The molecule has 10 nitrogen and oxygen atoms in total. The summed E-state index contributed by atoms with van der Waals surface area (Å²) >= 11 is 0. The van der Waals surface area contributed by atoms with Crippen molar-refractivity contribution in [3.63, 3.8) is 0 Å². The quantitative estimate of drug-likeness (QED) is 0.392. The minimum Gasteiger partial charge on any atom is -0.395 e. The Morgan fingerprint density at radius 1 is 1.18 bits per heavy atom. The van der Waals surface area contributed by atoms with Crippen LogP contribution in [-0.4, -0.2) is 53.0 Å². The highest BCUT2D eigenvalue weighted by Crippen LogP contribution is 2.24. The molecular formula is C23H25N5O5. The van der Waals surface area contributed by atoms with Crippen molar-refractivity contribution in [2.24, 2.45) is 10.7 Å². The number of rotatable bonds is 7. The second kappa shape index (κ2) is 9.39. The Morgan fingerprint density at radius 3 is 2.79 bits per heavy atom. The minimum absolute atomic E-state index is 0.00453. The van der Waals surface area contributed by atoms with Gasteiger partial charge in [0, 0.05) is 30.0 Å². The molecule has 172 valence electrons. The molecule has 0 spiro atoms. The number of hydrogen-bond acceptors (Lipinski definition) is 7. The summed E-state index contributed by atoms with van der Waals surface area (Å²) < 4.78 is 0. The third kappa shape index (κ3) is 4.86. The third-order valence-corrected chi connectivity index (χ3v) is 5.69. The second-order valence-corrected chi connectivity index (χ2v) is 7.96. The Hall–Kier alpha value is -3.76. The molecule has 1 atom stereocenters. The fourth-order valence-electron chi connectivity index (χ4n) is 3.95. The fraction of sp³-hybridized carbons (Fsp3) is 0.304. The highest BCUT2D eigenvalue weighted by Gasteiger charge is 2.25. The summed E-state index contributed by atoms with van der Waals surface area (Å²) in [7, 11) is 0. The Bertz CT molecular complexity index is 1150. The van der Waals surface area contributed by atoms with Crippen molar-refractivity contribution in [3.05, 3.63) is 58.7 Å². The van der Waals surface area contributed by atoms with E-state index in [2.05, 4.69) is 15.6 Å². The van der Waals surface area contributed by atoms with Crippen LogP contribution in [0, 0.1) is 0 Å². The maximum atomic E-state index is 12.9. The van der Waals surface area contributed by atoms with E-state index in [0.29, 0.717) is 30.3 Å². The van der Waals surface area contributed by atoms with Crippen molar-refractivity contribution in [1.29, 1.82) is 0 Å². The molecule has 2 aliphatic rings. The Morgan fingerprint density at radius 2 is 2.00 bits per heavy atom. The predicted octanol–water partition coefficient (Wildman–Crippen LogP) is -0.207. The lowest BCUT2D eigenvalue weighted by Crippen LogP contribution is -2.39. The van der Waals surface area contributed by atoms with Gasteiger partial charge in [0.2, 0.25) is 11.8 Å². The van der Waals surface area contributed by atoms with Crippen LogP contribution in [0.25, 0.3) is 0 Å². The van der Waals surface area contributed by atoms with E-state index >= 15 is 0 Å². The summed E-state index contributed by atoms with van der Waals surface area (Å²) in [6.45, 7) is 0.491. The van der Waals surface area contributed by atoms with Gasteiger partial charge in [0.1, 0.15) is 11.9 Å². The predicted molar refractivity (Wildman–Crippen MR) is 122 cm³/mol. The molecule has 1 unspecified atom stereocenters. The minimum atomic E-state index is -1.58. The summed E-state index contributed by atoms with van der Waals surface area (Å²) in [5.74, 6) is -0.844. The number of aliphatic imine (C=N–C) groups is 1. The summed E-state index contributed by atoms with van der Waals surface area (Å²) in [4.78, 5) is 42.4. The monoisotopic (exact) mass is 451 g/mol. The molecule has 0 saturated carbocycles. The summed E-state index contributed by atoms with van der Waals surface area (Å²) in [5.41, 5.74) is 10.2. The molecule has 3 amide bonds. The number of aliphatic hydroxyl groups excluding tert-OH is 2. The number of carbonyl (C=O) groups is 3. The maximum absolute atomic E-state index is 12.9. The Labute approximate surface area is 190 Å². The maximum Gasteiger partial charge on any atom is 0.253 e. The zero-order valence-electron chi connectivity index (χ0n) is 17.9. The van der Waals surface area contributed by atoms with Gasteiger partial charge in [0.15, 0.2) is 0 Å². The molecule has 2 heterocycles. The number of fused-ring (bicyclic) bond motifs is 2. The lowest BCUT2D eigenvalue weighted by atomic mass is 9.99. The van der Waals surface area contributed by atoms with Crippen molar-refractivity contribution in [2.45, 2.75) is 32.0 Å². The fourth-order valence-corrected chi connectivity index (χ4v) is 3.95. The number of hydrogen-bond donors (Lipinski definition) is 5. The summed E-state index contributed by atoms with van der Waals surface area (Å²) in [6.07, 6.45) is -1.77. The van der Waals surface area contributed by atoms with E-state index in [1.807, 2.05) is 0 Å². The normalized spacial score (nSPS) is 15.1. The first-order valence-corrected chi connectivity index (χ1v) is 10.6. The number of anilines is 2. The van der Waals surface area contributed by atoms with Crippen molar-refractivity contribution >= 4 is 34.9 Å². The first-order chi connectivity index (χ1) is 15.9. The molecule has 2 aromatic rings. The van der Waals surface area contributed by atoms with Gasteiger partial charge in [-0.15, -0.1) is 0 Å². The van der Waals surface area contributed by atoms with Crippen molar-refractivity contribution in [3.8, 4) is 0 Å². The molecule has 0 bridgehead atoms. The molecule has 2 aliphatic heterocycles. The van der Waals surface area contributed by atoms with E-state index in [9.17, 15) is 24.6 Å². The average molecular weight is 451 g/mol. The number of carbonyl (C=O) groups excluding carboxylic acids is 3. The lowest BCUT2D eigenvalue weighted by Gasteiger charge is -2.25. The average Bonchev–Trinajstić information content (AvgIpc) is 3.17. The number of nitrogens with two attached hydrogens (primary N) is 1. The SMILES string of the molecule is NC1=NCc2cc(NC(=O)C(O)CC(=O)N(CCO)c3ccc4c(c3)CNC(=O)C4)ccc21. The van der Waals surface area contributed by atoms with Crippen LogP contribution in [-0.2, 0) is 33.9 Å². The molecule has 0 fully saturated rings. The van der Waals surface area contributed by atoms with Crippen molar-refractivity contribution < 1.29 is 24.6 Å². The topological polar surface area (TPSA) is 157 Å². The number of nitrogens with zero attached hydrogens (tertiary/aromatic N) is 2.